The van der Waals surface area contributed by atoms with E-state index in [-0.39, 0.29) is 0 Å². The largest absolute Gasteiger partial charge is 0.423 e. The Morgan fingerprint density at radius 1 is 1.11 bits per heavy atom. The van der Waals surface area contributed by atoms with Gasteiger partial charge in [-0.2, -0.15) is 4.68 Å². The third kappa shape index (κ3) is 2.22. The molecule has 90 valence electrons. The van der Waals surface area contributed by atoms with Gasteiger partial charge in [0.25, 0.3) is 0 Å². The van der Waals surface area contributed by atoms with Crippen LogP contribution in [-0.2, 0) is 6.54 Å². The first kappa shape index (κ1) is 10.5. The lowest BCUT2D eigenvalue weighted by atomic mass is 10.3. The summed E-state index contributed by atoms with van der Waals surface area (Å²) in [6.45, 7) is 0.544. The van der Waals surface area contributed by atoms with Gasteiger partial charge in [-0.1, -0.05) is 23.3 Å². The molecule has 0 saturated heterocycles. The average Bonchev–Trinajstić information content (AvgIpc) is 3.04. The van der Waals surface area contributed by atoms with Crippen molar-refractivity contribution in [3.05, 3.63) is 54.4 Å². The van der Waals surface area contributed by atoms with Crippen LogP contribution in [0, 0.1) is 0 Å². The van der Waals surface area contributed by atoms with Gasteiger partial charge in [-0.3, -0.25) is 0 Å². The van der Waals surface area contributed by atoms with Gasteiger partial charge in [-0.25, -0.2) is 0 Å². The number of rotatable bonds is 4. The van der Waals surface area contributed by atoms with Crippen molar-refractivity contribution in [1.82, 2.24) is 25.2 Å². The van der Waals surface area contributed by atoms with Gasteiger partial charge in [-0.05, 0) is 34.7 Å². The summed E-state index contributed by atoms with van der Waals surface area (Å²) < 4.78 is 7.21. The maximum absolute atomic E-state index is 5.61. The van der Waals surface area contributed by atoms with Crippen LogP contribution in [0.4, 0.5) is 0 Å². The highest BCUT2D eigenvalue weighted by molar-refractivity contribution is 5.23. The van der Waals surface area contributed by atoms with Crippen molar-refractivity contribution in [3.63, 3.8) is 0 Å². The molecule has 0 aliphatic carbocycles. The van der Waals surface area contributed by atoms with Gasteiger partial charge in [0.1, 0.15) is 5.75 Å². The topological polar surface area (TPSA) is 68.6 Å². The number of benzene rings is 1. The number of nitrogens with one attached hydrogen (secondary N) is 1. The van der Waals surface area contributed by atoms with Crippen molar-refractivity contribution in [2.24, 2.45) is 0 Å². The summed E-state index contributed by atoms with van der Waals surface area (Å²) in [5.41, 5.74) is 1.01. The zero-order chi connectivity index (χ0) is 12.2. The summed E-state index contributed by atoms with van der Waals surface area (Å²) in [5.74, 6) is 0.708. The minimum absolute atomic E-state index is 0.371. The molecular formula is C12H11N5O. The zero-order valence-electron chi connectivity index (χ0n) is 9.52. The number of tetrazole rings is 1. The van der Waals surface area contributed by atoms with Crippen LogP contribution < -0.4 is 4.74 Å². The van der Waals surface area contributed by atoms with E-state index in [2.05, 4.69) is 20.5 Å². The standard InChI is InChI=1S/C12H11N5O/c1-2-6-11(7-3-1)18-12-14-15-16-17(12)9-10-5-4-8-13-10/h1-8,13H,9H2. The Kier molecular flexibility index (Phi) is 2.75. The van der Waals surface area contributed by atoms with E-state index in [1.807, 2.05) is 48.7 Å². The predicted molar refractivity (Wildman–Crippen MR) is 64.2 cm³/mol. The minimum Gasteiger partial charge on any atom is -0.423 e. The number of aromatic amines is 1. The fourth-order valence-electron chi connectivity index (χ4n) is 1.59. The fourth-order valence-corrected chi connectivity index (χ4v) is 1.59. The van der Waals surface area contributed by atoms with E-state index in [1.165, 1.54) is 0 Å². The van der Waals surface area contributed by atoms with Crippen LogP contribution in [0.1, 0.15) is 5.69 Å². The van der Waals surface area contributed by atoms with E-state index in [1.54, 1.807) is 4.68 Å². The number of aromatic nitrogens is 5. The number of para-hydroxylation sites is 1. The molecular weight excluding hydrogens is 230 g/mol. The molecule has 3 rings (SSSR count). The molecule has 0 atom stereocenters. The van der Waals surface area contributed by atoms with Crippen molar-refractivity contribution >= 4 is 0 Å². The fraction of sp³-hybridized carbons (Fsp3) is 0.0833. The lowest BCUT2D eigenvalue weighted by Crippen LogP contribution is -2.04. The highest BCUT2D eigenvalue weighted by Crippen LogP contribution is 2.17. The summed E-state index contributed by atoms with van der Waals surface area (Å²) in [5, 5.41) is 11.4. The van der Waals surface area contributed by atoms with Crippen molar-refractivity contribution < 1.29 is 4.74 Å². The molecule has 2 heterocycles. The third-order valence-corrected chi connectivity index (χ3v) is 2.43. The maximum atomic E-state index is 5.61. The second-order valence-electron chi connectivity index (χ2n) is 3.73. The molecule has 6 heteroatoms. The van der Waals surface area contributed by atoms with Crippen LogP contribution in [-0.4, -0.2) is 25.2 Å². The lowest BCUT2D eigenvalue weighted by Gasteiger charge is -2.04. The van der Waals surface area contributed by atoms with Crippen LogP contribution in [0.5, 0.6) is 11.8 Å². The summed E-state index contributed by atoms with van der Waals surface area (Å²) in [6.07, 6.45) is 1.86. The van der Waals surface area contributed by atoms with Gasteiger partial charge in [-0.15, -0.1) is 0 Å². The number of ether oxygens (including phenoxy) is 1. The Bertz CT molecular complexity index is 602. The summed E-state index contributed by atoms with van der Waals surface area (Å²) in [4.78, 5) is 3.09. The van der Waals surface area contributed by atoms with Crippen LogP contribution >= 0.6 is 0 Å². The molecule has 0 fully saturated rings. The molecule has 2 aromatic heterocycles. The number of H-pyrrole nitrogens is 1. The van der Waals surface area contributed by atoms with Crippen molar-refractivity contribution in [2.45, 2.75) is 6.54 Å². The average molecular weight is 241 g/mol. The third-order valence-electron chi connectivity index (χ3n) is 2.43. The van der Waals surface area contributed by atoms with E-state index in [9.17, 15) is 0 Å². The summed E-state index contributed by atoms with van der Waals surface area (Å²) >= 11 is 0. The molecule has 0 amide bonds. The molecule has 0 bridgehead atoms. The van der Waals surface area contributed by atoms with Crippen LogP contribution in [0.2, 0.25) is 0 Å². The molecule has 6 nitrogen and oxygen atoms in total. The summed E-state index contributed by atoms with van der Waals surface area (Å²) in [7, 11) is 0. The van der Waals surface area contributed by atoms with E-state index < -0.39 is 0 Å². The second-order valence-corrected chi connectivity index (χ2v) is 3.73. The van der Waals surface area contributed by atoms with Gasteiger partial charge in [0.15, 0.2) is 0 Å². The lowest BCUT2D eigenvalue weighted by molar-refractivity contribution is 0.405. The smallest absolute Gasteiger partial charge is 0.341 e. The molecule has 0 aliphatic rings. The first-order valence-corrected chi connectivity index (χ1v) is 5.53. The van der Waals surface area contributed by atoms with Gasteiger partial charge < -0.3 is 9.72 Å². The van der Waals surface area contributed by atoms with Gasteiger partial charge in [0.05, 0.1) is 6.54 Å². The number of nitrogens with zero attached hydrogens (tertiary/aromatic N) is 4. The summed E-state index contributed by atoms with van der Waals surface area (Å²) in [6, 6.07) is 13.7. The maximum Gasteiger partial charge on any atom is 0.341 e. The highest BCUT2D eigenvalue weighted by Gasteiger charge is 2.09. The van der Waals surface area contributed by atoms with E-state index in [4.69, 9.17) is 4.74 Å². The first-order valence-electron chi connectivity index (χ1n) is 5.53. The number of hydrogen-bond donors (Lipinski definition) is 1. The van der Waals surface area contributed by atoms with Gasteiger partial charge >= 0.3 is 6.01 Å². The molecule has 1 N–H and O–H groups in total. The predicted octanol–water partition coefficient (Wildman–Crippen LogP) is 1.84. The van der Waals surface area contributed by atoms with E-state index in [0.717, 1.165) is 5.69 Å². The Balaban J connectivity index is 1.79. The Labute approximate surface area is 103 Å². The molecule has 18 heavy (non-hydrogen) atoms. The monoisotopic (exact) mass is 241 g/mol. The molecule has 3 aromatic rings. The molecule has 0 spiro atoms. The Hall–Kier alpha value is -2.63. The molecule has 0 aliphatic heterocycles. The van der Waals surface area contributed by atoms with Crippen LogP contribution in [0.3, 0.4) is 0 Å². The van der Waals surface area contributed by atoms with Crippen molar-refractivity contribution in [2.75, 3.05) is 0 Å². The van der Waals surface area contributed by atoms with Gasteiger partial charge in [0.2, 0.25) is 0 Å². The van der Waals surface area contributed by atoms with Crippen LogP contribution in [0.25, 0.3) is 0 Å². The molecule has 1 aromatic carbocycles. The normalized spacial score (nSPS) is 10.4. The molecule has 0 saturated carbocycles. The van der Waals surface area contributed by atoms with E-state index in [0.29, 0.717) is 18.3 Å². The highest BCUT2D eigenvalue weighted by atomic mass is 16.5. The molecule has 0 radical (unpaired) electrons. The quantitative estimate of drug-likeness (QED) is 0.756. The van der Waals surface area contributed by atoms with E-state index >= 15 is 0 Å². The number of hydrogen-bond acceptors (Lipinski definition) is 4. The SMILES string of the molecule is c1ccc(Oc2nnnn2Cc2ccc[nH]2)cc1. The van der Waals surface area contributed by atoms with Crippen molar-refractivity contribution in [1.29, 1.82) is 0 Å². The Morgan fingerprint density at radius 2 is 2.00 bits per heavy atom. The first-order chi connectivity index (χ1) is 8.92. The van der Waals surface area contributed by atoms with Crippen molar-refractivity contribution in [3.8, 4) is 11.8 Å². The minimum atomic E-state index is 0.371. The molecule has 0 unspecified atom stereocenters. The Morgan fingerprint density at radius 3 is 2.78 bits per heavy atom. The zero-order valence-corrected chi connectivity index (χ0v) is 9.52. The second kappa shape index (κ2) is 4.70. The van der Waals surface area contributed by atoms with Gasteiger partial charge in [0, 0.05) is 11.9 Å². The van der Waals surface area contributed by atoms with Crippen LogP contribution in [0.15, 0.2) is 48.7 Å².